The summed E-state index contributed by atoms with van der Waals surface area (Å²) in [5.41, 5.74) is 1.12. The van der Waals surface area contributed by atoms with Gasteiger partial charge in [-0.3, -0.25) is 4.79 Å². The number of para-hydroxylation sites is 1. The Bertz CT molecular complexity index is 419. The third-order valence-electron chi connectivity index (χ3n) is 3.16. The van der Waals surface area contributed by atoms with E-state index < -0.39 is 0 Å². The summed E-state index contributed by atoms with van der Waals surface area (Å²) in [6.07, 6.45) is 2.88. The third kappa shape index (κ3) is 2.99. The minimum atomic E-state index is -0.0695. The number of rotatable bonds is 6. The Labute approximate surface area is 112 Å². The first-order valence-corrected chi connectivity index (χ1v) is 7.45. The van der Waals surface area contributed by atoms with Gasteiger partial charge in [-0.05, 0) is 24.3 Å². The van der Waals surface area contributed by atoms with Crippen LogP contribution in [0.25, 0.3) is 0 Å². The van der Waals surface area contributed by atoms with Crippen molar-refractivity contribution in [3.8, 4) is 5.75 Å². The molecule has 0 amide bonds. The Hall–Kier alpha value is -1.16. The molecule has 1 saturated carbocycles. The third-order valence-corrected chi connectivity index (χ3v) is 3.74. The minimum Gasteiger partial charge on any atom is -0.496 e. The zero-order valence-electron chi connectivity index (χ0n) is 10.7. The summed E-state index contributed by atoms with van der Waals surface area (Å²) in [5.74, 6) is 1.94. The first-order chi connectivity index (χ1) is 8.77. The second kappa shape index (κ2) is 6.14. The molecule has 2 atom stereocenters. The Morgan fingerprint density at radius 3 is 2.94 bits per heavy atom. The SMILES string of the molecule is COc1ccccc1[C@@H]1C[C@@H]1C(=O)OCCSC. The molecule has 0 aromatic heterocycles. The summed E-state index contributed by atoms with van der Waals surface area (Å²) in [4.78, 5) is 11.8. The molecule has 0 aliphatic heterocycles. The Morgan fingerprint density at radius 2 is 2.22 bits per heavy atom. The van der Waals surface area contributed by atoms with Gasteiger partial charge in [0, 0.05) is 11.7 Å². The van der Waals surface area contributed by atoms with Crippen molar-refractivity contribution < 1.29 is 14.3 Å². The molecule has 0 heterocycles. The highest BCUT2D eigenvalue weighted by atomic mass is 32.2. The molecule has 0 bridgehead atoms. The Kier molecular flexibility index (Phi) is 4.53. The van der Waals surface area contributed by atoms with Gasteiger partial charge >= 0.3 is 5.97 Å². The van der Waals surface area contributed by atoms with E-state index in [1.807, 2.05) is 30.5 Å². The Morgan fingerprint density at radius 1 is 1.44 bits per heavy atom. The summed E-state index contributed by atoms with van der Waals surface area (Å²) in [6.45, 7) is 0.509. The van der Waals surface area contributed by atoms with E-state index in [0.29, 0.717) is 6.61 Å². The van der Waals surface area contributed by atoms with E-state index in [9.17, 15) is 4.79 Å². The van der Waals surface area contributed by atoms with Crippen LogP contribution in [0, 0.1) is 5.92 Å². The molecule has 4 heteroatoms. The average molecular weight is 266 g/mol. The van der Waals surface area contributed by atoms with E-state index in [1.54, 1.807) is 18.9 Å². The molecule has 18 heavy (non-hydrogen) atoms. The lowest BCUT2D eigenvalue weighted by Crippen LogP contribution is -2.10. The molecule has 0 radical (unpaired) electrons. The fourth-order valence-corrected chi connectivity index (χ4v) is 2.35. The van der Waals surface area contributed by atoms with E-state index >= 15 is 0 Å². The number of esters is 1. The first-order valence-electron chi connectivity index (χ1n) is 6.06. The predicted octanol–water partition coefficient (Wildman–Crippen LogP) is 2.70. The predicted molar refractivity (Wildman–Crippen MR) is 73.2 cm³/mol. The van der Waals surface area contributed by atoms with Gasteiger partial charge in [-0.25, -0.2) is 0 Å². The molecule has 3 nitrogen and oxygen atoms in total. The quantitative estimate of drug-likeness (QED) is 0.586. The van der Waals surface area contributed by atoms with Crippen LogP contribution in [0.2, 0.25) is 0 Å². The zero-order valence-corrected chi connectivity index (χ0v) is 11.5. The number of carbonyl (C=O) groups is 1. The topological polar surface area (TPSA) is 35.5 Å². The maximum atomic E-state index is 11.8. The molecule has 0 saturated heterocycles. The van der Waals surface area contributed by atoms with Crippen LogP contribution < -0.4 is 4.74 Å². The highest BCUT2D eigenvalue weighted by Crippen LogP contribution is 2.50. The lowest BCUT2D eigenvalue weighted by molar-refractivity contribution is -0.144. The molecule has 0 N–H and O–H groups in total. The summed E-state index contributed by atoms with van der Waals surface area (Å²) in [5, 5.41) is 0. The van der Waals surface area contributed by atoms with Crippen LogP contribution in [0.1, 0.15) is 17.9 Å². The van der Waals surface area contributed by atoms with E-state index in [1.165, 1.54) is 0 Å². The number of carbonyl (C=O) groups excluding carboxylic acids is 1. The summed E-state index contributed by atoms with van der Waals surface area (Å²) in [6, 6.07) is 7.88. The monoisotopic (exact) mass is 266 g/mol. The molecule has 1 aliphatic rings. The lowest BCUT2D eigenvalue weighted by Gasteiger charge is -2.07. The number of ether oxygens (including phenoxy) is 2. The summed E-state index contributed by atoms with van der Waals surface area (Å²) >= 11 is 1.68. The van der Waals surface area contributed by atoms with Crippen LogP contribution in [-0.2, 0) is 9.53 Å². The molecule has 0 spiro atoms. The zero-order chi connectivity index (χ0) is 13.0. The minimum absolute atomic E-state index is 0.0168. The van der Waals surface area contributed by atoms with E-state index in [4.69, 9.17) is 9.47 Å². The lowest BCUT2D eigenvalue weighted by atomic mass is 10.1. The van der Waals surface area contributed by atoms with Crippen LogP contribution in [0.3, 0.4) is 0 Å². The van der Waals surface area contributed by atoms with Gasteiger partial charge < -0.3 is 9.47 Å². The van der Waals surface area contributed by atoms with Crippen molar-refractivity contribution in [2.45, 2.75) is 12.3 Å². The van der Waals surface area contributed by atoms with Crippen LogP contribution in [0.5, 0.6) is 5.75 Å². The highest BCUT2D eigenvalue weighted by Gasteiger charge is 2.46. The molecular formula is C14H18O3S. The van der Waals surface area contributed by atoms with Crippen molar-refractivity contribution in [2.75, 3.05) is 25.7 Å². The van der Waals surface area contributed by atoms with Gasteiger partial charge in [0.2, 0.25) is 0 Å². The van der Waals surface area contributed by atoms with Crippen molar-refractivity contribution in [1.82, 2.24) is 0 Å². The average Bonchev–Trinajstić information content (AvgIpc) is 3.19. The molecular weight excluding hydrogens is 248 g/mol. The van der Waals surface area contributed by atoms with Crippen molar-refractivity contribution >= 4 is 17.7 Å². The number of benzene rings is 1. The van der Waals surface area contributed by atoms with Crippen LogP contribution in [0.4, 0.5) is 0 Å². The van der Waals surface area contributed by atoms with Crippen molar-refractivity contribution in [2.24, 2.45) is 5.92 Å². The second-order valence-electron chi connectivity index (χ2n) is 4.35. The number of thioether (sulfide) groups is 1. The van der Waals surface area contributed by atoms with Gasteiger partial charge in [-0.1, -0.05) is 18.2 Å². The van der Waals surface area contributed by atoms with Crippen molar-refractivity contribution in [3.63, 3.8) is 0 Å². The van der Waals surface area contributed by atoms with Crippen molar-refractivity contribution in [3.05, 3.63) is 29.8 Å². The van der Waals surface area contributed by atoms with Crippen LogP contribution in [0.15, 0.2) is 24.3 Å². The number of methoxy groups -OCH3 is 1. The Balaban J connectivity index is 1.92. The fraction of sp³-hybridized carbons (Fsp3) is 0.500. The van der Waals surface area contributed by atoms with E-state index in [-0.39, 0.29) is 17.8 Å². The first kappa shape index (κ1) is 13.3. The molecule has 1 aromatic carbocycles. The molecule has 0 unspecified atom stereocenters. The van der Waals surface area contributed by atoms with Gasteiger partial charge in [0.1, 0.15) is 12.4 Å². The standard InChI is InChI=1S/C14H18O3S/c1-16-13-6-4-3-5-10(13)11-9-12(11)14(15)17-7-8-18-2/h3-6,11-12H,7-9H2,1-2H3/t11-,12-/m0/s1. The van der Waals surface area contributed by atoms with Gasteiger partial charge in [-0.2, -0.15) is 11.8 Å². The van der Waals surface area contributed by atoms with Crippen LogP contribution in [-0.4, -0.2) is 31.7 Å². The molecule has 1 fully saturated rings. The molecule has 98 valence electrons. The van der Waals surface area contributed by atoms with Crippen LogP contribution >= 0.6 is 11.8 Å². The van der Waals surface area contributed by atoms with Gasteiger partial charge in [0.05, 0.1) is 13.0 Å². The maximum absolute atomic E-state index is 11.8. The molecule has 1 aliphatic carbocycles. The normalized spacial score (nSPS) is 21.4. The number of hydrogen-bond acceptors (Lipinski definition) is 4. The largest absolute Gasteiger partial charge is 0.496 e. The maximum Gasteiger partial charge on any atom is 0.309 e. The molecule has 2 rings (SSSR count). The fourth-order valence-electron chi connectivity index (χ4n) is 2.10. The second-order valence-corrected chi connectivity index (χ2v) is 5.34. The van der Waals surface area contributed by atoms with Crippen molar-refractivity contribution in [1.29, 1.82) is 0 Å². The number of hydrogen-bond donors (Lipinski definition) is 0. The van der Waals surface area contributed by atoms with Gasteiger partial charge in [-0.15, -0.1) is 0 Å². The summed E-state index contributed by atoms with van der Waals surface area (Å²) < 4.78 is 10.5. The van der Waals surface area contributed by atoms with Gasteiger partial charge in [0.15, 0.2) is 0 Å². The summed E-state index contributed by atoms with van der Waals surface area (Å²) in [7, 11) is 1.66. The van der Waals surface area contributed by atoms with E-state index in [2.05, 4.69) is 0 Å². The highest BCUT2D eigenvalue weighted by molar-refractivity contribution is 7.98. The smallest absolute Gasteiger partial charge is 0.309 e. The van der Waals surface area contributed by atoms with Gasteiger partial charge in [0.25, 0.3) is 0 Å². The van der Waals surface area contributed by atoms with E-state index in [0.717, 1.165) is 23.5 Å². The molecule has 1 aromatic rings.